The highest BCUT2D eigenvalue weighted by molar-refractivity contribution is 5.87. The summed E-state index contributed by atoms with van der Waals surface area (Å²) in [7, 11) is 0. The summed E-state index contributed by atoms with van der Waals surface area (Å²) in [6, 6.07) is 0. The van der Waals surface area contributed by atoms with Crippen LogP contribution in [-0.4, -0.2) is 151 Å². The van der Waals surface area contributed by atoms with Crippen molar-refractivity contribution in [2.45, 2.75) is 193 Å². The van der Waals surface area contributed by atoms with Crippen LogP contribution in [0.15, 0.2) is 23.3 Å². The van der Waals surface area contributed by atoms with Crippen LogP contribution in [0.1, 0.15) is 114 Å². The average Bonchev–Trinajstić information content (AvgIpc) is 3.20. The number of hydrogen-bond acceptors (Lipinski definition) is 15. The van der Waals surface area contributed by atoms with Gasteiger partial charge in [0, 0.05) is 5.57 Å². The van der Waals surface area contributed by atoms with Crippen molar-refractivity contribution in [3.05, 3.63) is 23.3 Å². The summed E-state index contributed by atoms with van der Waals surface area (Å²) < 4.78 is 30.0. The summed E-state index contributed by atoms with van der Waals surface area (Å²) in [6.07, 6.45) is -10.2. The summed E-state index contributed by atoms with van der Waals surface area (Å²) in [5.41, 5.74) is -1.06. The Hall–Kier alpha value is -2.06. The summed E-state index contributed by atoms with van der Waals surface area (Å²) >= 11 is 0. The van der Waals surface area contributed by atoms with Gasteiger partial charge in [-0.2, -0.15) is 0 Å². The molecule has 0 unspecified atom stereocenters. The normalized spacial score (nSPS) is 50.5. The topological polar surface area (TPSA) is 262 Å². The number of carboxylic acid groups (broad SMARTS) is 1. The van der Waals surface area contributed by atoms with Gasteiger partial charge in [0.05, 0.1) is 30.8 Å². The van der Waals surface area contributed by atoms with E-state index in [-0.39, 0.29) is 40.6 Å². The maximum Gasteiger partial charge on any atom is 0.335 e. The number of aliphatic hydroxyl groups is 8. The molecule has 2 heterocycles. The van der Waals surface area contributed by atoms with Gasteiger partial charge in [0.25, 0.3) is 0 Å². The number of aliphatic carboxylic acids is 1. The first kappa shape index (κ1) is 48.9. The smallest absolute Gasteiger partial charge is 0.335 e. The van der Waals surface area contributed by atoms with E-state index in [4.69, 9.17) is 23.7 Å². The fourth-order valence-electron chi connectivity index (χ4n) is 14.4. The van der Waals surface area contributed by atoms with Crippen LogP contribution in [0, 0.1) is 50.2 Å². The van der Waals surface area contributed by atoms with Gasteiger partial charge < -0.3 is 69.6 Å². The number of esters is 1. The Bertz CT molecular complexity index is 1800. The molecule has 2 saturated heterocycles. The lowest BCUT2D eigenvalue weighted by Crippen LogP contribution is -2.70. The van der Waals surface area contributed by atoms with E-state index in [0.717, 1.165) is 32.1 Å². The van der Waals surface area contributed by atoms with Crippen molar-refractivity contribution in [1.29, 1.82) is 0 Å². The lowest BCUT2D eigenvalue weighted by Gasteiger charge is -2.72. The molecule has 5 aliphatic carbocycles. The van der Waals surface area contributed by atoms with Gasteiger partial charge >= 0.3 is 11.9 Å². The first-order valence-electron chi connectivity index (χ1n) is 23.0. The molecule has 2 aliphatic heterocycles. The van der Waals surface area contributed by atoms with Crippen LogP contribution in [0.25, 0.3) is 0 Å². The SMILES string of the molecule is C/C=C(\C)C(=O)O[C@H]1C[C@]2(C)C(=CC[C@@H]3[C@@]4(C)CC[C@H](O[C@@H]5O[C@H](C(=O)O)[C@@H](O)[C@H](O[C@@H]6O[C@H](CO)[C@@H](O)[C@H](O)[C@H]6O)[C@H]5O)C(C)(C)[C@@H]4CC[C@]32C)[C@@H]2CC(C)(C)C[C@H](O)[C@]12CO. The number of aliphatic hydroxyl groups excluding tert-OH is 8. The Morgan fingerprint density at radius 2 is 1.46 bits per heavy atom. The standard InChI is InChI=1S/C47H74O16/c1-10-22(2)39(58)60-30-19-46(9)23(24-17-42(3,4)18-28(50)47(24,30)21-49)11-12-27-44(7)15-14-29(43(5,6)26(44)13-16-45(27,46)8)61-41-35(55)36(34(54)37(63-41)38(56)57)62-40-33(53)32(52)31(51)25(20-48)59-40/h10-11,24-37,40-41,48-55H,12-21H2,1-9H3,(H,56,57)/b22-10+/t24-,25+,26-,27+,28-,29-,30-,31+,32-,33+,34-,35+,36-,37-,40-,41+,44-,45+,46+,47+/m0/s1. The van der Waals surface area contributed by atoms with Crippen molar-refractivity contribution in [3.63, 3.8) is 0 Å². The van der Waals surface area contributed by atoms with Crippen LogP contribution in [0.3, 0.4) is 0 Å². The number of hydrogen-bond donors (Lipinski definition) is 9. The van der Waals surface area contributed by atoms with Gasteiger partial charge in [0.15, 0.2) is 18.7 Å². The Balaban J connectivity index is 1.17. The zero-order valence-electron chi connectivity index (χ0n) is 38.3. The molecular formula is C47H74O16. The minimum absolute atomic E-state index is 0.0876. The summed E-state index contributed by atoms with van der Waals surface area (Å²) in [5.74, 6) is -1.95. The second-order valence-electron chi connectivity index (χ2n) is 22.3. The lowest BCUT2D eigenvalue weighted by molar-refractivity contribution is -0.365. The van der Waals surface area contributed by atoms with Crippen LogP contribution in [0.4, 0.5) is 0 Å². The van der Waals surface area contributed by atoms with Crippen molar-refractivity contribution in [3.8, 4) is 0 Å². The molecule has 16 nitrogen and oxygen atoms in total. The lowest BCUT2D eigenvalue weighted by atomic mass is 9.33. The van der Waals surface area contributed by atoms with Crippen LogP contribution in [0.5, 0.6) is 0 Å². The first-order chi connectivity index (χ1) is 29.3. The number of carbonyl (C=O) groups excluding carboxylic acids is 1. The molecule has 0 amide bonds. The second-order valence-corrected chi connectivity index (χ2v) is 22.3. The van der Waals surface area contributed by atoms with Crippen LogP contribution < -0.4 is 0 Å². The first-order valence-corrected chi connectivity index (χ1v) is 23.0. The molecule has 7 rings (SSSR count). The van der Waals surface area contributed by atoms with E-state index in [1.54, 1.807) is 19.9 Å². The van der Waals surface area contributed by atoms with Gasteiger partial charge in [-0.15, -0.1) is 0 Å². The predicted molar refractivity (Wildman–Crippen MR) is 224 cm³/mol. The molecule has 0 aromatic rings. The molecule has 4 saturated carbocycles. The summed E-state index contributed by atoms with van der Waals surface area (Å²) in [6.45, 7) is 18.1. The van der Waals surface area contributed by atoms with Crippen molar-refractivity contribution in [2.75, 3.05) is 13.2 Å². The molecule has 20 atom stereocenters. The molecule has 0 spiro atoms. The van der Waals surface area contributed by atoms with Gasteiger partial charge in [0.1, 0.15) is 48.8 Å². The Morgan fingerprint density at radius 3 is 2.08 bits per heavy atom. The zero-order valence-corrected chi connectivity index (χ0v) is 38.3. The highest BCUT2D eigenvalue weighted by Gasteiger charge is 2.72. The third-order valence-corrected chi connectivity index (χ3v) is 18.3. The fraction of sp³-hybridized carbons (Fsp3) is 0.872. The van der Waals surface area contributed by atoms with Gasteiger partial charge in [-0.05, 0) is 110 Å². The Kier molecular flexibility index (Phi) is 13.1. The maximum atomic E-state index is 13.6. The van der Waals surface area contributed by atoms with E-state index < -0.39 is 115 Å². The zero-order chi connectivity index (χ0) is 46.6. The van der Waals surface area contributed by atoms with E-state index in [1.165, 1.54) is 5.57 Å². The highest BCUT2D eigenvalue weighted by Crippen LogP contribution is 2.76. The van der Waals surface area contributed by atoms with Gasteiger partial charge in [-0.3, -0.25) is 0 Å². The Labute approximate surface area is 370 Å². The molecular weight excluding hydrogens is 821 g/mol. The predicted octanol–water partition coefficient (Wildman–Crippen LogP) is 2.34. The van der Waals surface area contributed by atoms with E-state index in [0.29, 0.717) is 24.8 Å². The van der Waals surface area contributed by atoms with E-state index in [9.17, 15) is 55.5 Å². The quantitative estimate of drug-likeness (QED) is 0.0697. The molecule has 7 aliphatic rings. The third-order valence-electron chi connectivity index (χ3n) is 18.3. The Morgan fingerprint density at radius 1 is 0.794 bits per heavy atom. The molecule has 0 bridgehead atoms. The molecule has 9 N–H and O–H groups in total. The minimum Gasteiger partial charge on any atom is -0.479 e. The number of allylic oxidation sites excluding steroid dienone is 3. The fourth-order valence-corrected chi connectivity index (χ4v) is 14.4. The molecule has 16 heteroatoms. The number of carbonyl (C=O) groups is 2. The molecule has 0 aromatic carbocycles. The van der Waals surface area contributed by atoms with Crippen molar-refractivity contribution < 1.29 is 79.2 Å². The monoisotopic (exact) mass is 894 g/mol. The average molecular weight is 895 g/mol. The number of ether oxygens (including phenoxy) is 5. The number of rotatable bonds is 9. The van der Waals surface area contributed by atoms with Crippen LogP contribution >= 0.6 is 0 Å². The molecule has 0 aromatic heterocycles. The largest absolute Gasteiger partial charge is 0.479 e. The summed E-state index contributed by atoms with van der Waals surface area (Å²) in [5, 5.41) is 97.2. The van der Waals surface area contributed by atoms with Gasteiger partial charge in [-0.25, -0.2) is 9.59 Å². The van der Waals surface area contributed by atoms with E-state index in [2.05, 4.69) is 54.5 Å². The van der Waals surface area contributed by atoms with E-state index in [1.807, 2.05) is 0 Å². The van der Waals surface area contributed by atoms with Crippen LogP contribution in [-0.2, 0) is 33.3 Å². The highest BCUT2D eigenvalue weighted by atomic mass is 16.7. The second kappa shape index (κ2) is 16.9. The number of fused-ring (bicyclic) bond motifs is 7. The van der Waals surface area contributed by atoms with Crippen molar-refractivity contribution in [1.82, 2.24) is 0 Å². The minimum atomic E-state index is -1.96. The third kappa shape index (κ3) is 7.49. The van der Waals surface area contributed by atoms with Crippen molar-refractivity contribution in [2.24, 2.45) is 50.2 Å². The van der Waals surface area contributed by atoms with Gasteiger partial charge in [0.2, 0.25) is 0 Å². The van der Waals surface area contributed by atoms with E-state index >= 15 is 0 Å². The van der Waals surface area contributed by atoms with Gasteiger partial charge in [-0.1, -0.05) is 66.2 Å². The molecule has 0 radical (unpaired) electrons. The summed E-state index contributed by atoms with van der Waals surface area (Å²) in [4.78, 5) is 26.0. The maximum absolute atomic E-state index is 13.6. The number of carboxylic acids is 1. The molecule has 6 fully saturated rings. The molecule has 358 valence electrons. The van der Waals surface area contributed by atoms with Crippen LogP contribution in [0.2, 0.25) is 0 Å². The van der Waals surface area contributed by atoms with Crippen molar-refractivity contribution >= 4 is 11.9 Å². The molecule has 63 heavy (non-hydrogen) atoms.